The lowest BCUT2D eigenvalue weighted by molar-refractivity contribution is -0.123. The van der Waals surface area contributed by atoms with E-state index >= 15 is 0 Å². The van der Waals surface area contributed by atoms with Gasteiger partial charge in [-0.1, -0.05) is 0 Å². The molecule has 0 fully saturated rings. The van der Waals surface area contributed by atoms with Crippen molar-refractivity contribution in [1.82, 2.24) is 9.44 Å². The molecule has 2 rings (SSSR count). The van der Waals surface area contributed by atoms with Crippen molar-refractivity contribution in [2.75, 3.05) is 36.9 Å². The van der Waals surface area contributed by atoms with E-state index in [0.717, 1.165) is 0 Å². The largest absolute Gasteiger partial charge is 0.395 e. The smallest absolute Gasteiger partial charge is 0.240 e. The van der Waals surface area contributed by atoms with Crippen LogP contribution in [-0.4, -0.2) is 65.2 Å². The zero-order valence-corrected chi connectivity index (χ0v) is 18.9. The summed E-state index contributed by atoms with van der Waals surface area (Å²) < 4.78 is 52.2. The SMILES string of the molecule is O=C(CC(=O)Nc1ccc(S(=O)(=O)NCCO)cc1)Nc1ccc(S(=O)(=O)NCCO)cc1. The van der Waals surface area contributed by atoms with Crippen LogP contribution in [0.4, 0.5) is 11.4 Å². The van der Waals surface area contributed by atoms with Crippen molar-refractivity contribution in [2.24, 2.45) is 0 Å². The number of aliphatic hydroxyl groups is 2. The number of anilines is 2. The number of hydrogen-bond donors (Lipinski definition) is 6. The van der Waals surface area contributed by atoms with E-state index in [1.54, 1.807) is 0 Å². The monoisotopic (exact) mass is 500 g/mol. The highest BCUT2D eigenvalue weighted by atomic mass is 32.2. The predicted molar refractivity (Wildman–Crippen MR) is 119 cm³/mol. The molecule has 12 nitrogen and oxygen atoms in total. The van der Waals surface area contributed by atoms with Gasteiger partial charge in [0.05, 0.1) is 23.0 Å². The highest BCUT2D eigenvalue weighted by Crippen LogP contribution is 2.16. The molecule has 2 amide bonds. The minimum absolute atomic E-state index is 0.0521. The molecular formula is C19H24N4O8S2. The normalized spacial score (nSPS) is 11.7. The van der Waals surface area contributed by atoms with E-state index in [0.29, 0.717) is 0 Å². The zero-order valence-electron chi connectivity index (χ0n) is 17.3. The summed E-state index contributed by atoms with van der Waals surface area (Å²) in [5, 5.41) is 22.4. The summed E-state index contributed by atoms with van der Waals surface area (Å²) in [7, 11) is -7.56. The van der Waals surface area contributed by atoms with Gasteiger partial charge in [-0.15, -0.1) is 0 Å². The van der Waals surface area contributed by atoms with Crippen LogP contribution in [0.5, 0.6) is 0 Å². The fourth-order valence-corrected chi connectivity index (χ4v) is 4.56. The van der Waals surface area contributed by atoms with E-state index in [1.165, 1.54) is 48.5 Å². The molecule has 180 valence electrons. The predicted octanol–water partition coefficient (Wildman–Crippen LogP) is -0.805. The highest BCUT2D eigenvalue weighted by molar-refractivity contribution is 7.89. The molecule has 14 heteroatoms. The van der Waals surface area contributed by atoms with Crippen LogP contribution in [0.25, 0.3) is 0 Å². The van der Waals surface area contributed by atoms with Crippen molar-refractivity contribution in [3.05, 3.63) is 48.5 Å². The molecule has 0 aliphatic rings. The van der Waals surface area contributed by atoms with Gasteiger partial charge in [0.25, 0.3) is 0 Å². The third kappa shape index (κ3) is 8.20. The van der Waals surface area contributed by atoms with Gasteiger partial charge < -0.3 is 20.8 Å². The minimum atomic E-state index is -3.78. The summed E-state index contributed by atoms with van der Waals surface area (Å²) in [6.07, 6.45) is -0.532. The molecule has 0 saturated carbocycles. The lowest BCUT2D eigenvalue weighted by atomic mass is 10.3. The second-order valence-corrected chi connectivity index (χ2v) is 10.1. The number of sulfonamides is 2. The average Bonchev–Trinajstić information content (AvgIpc) is 2.77. The Morgan fingerprint density at radius 2 is 0.970 bits per heavy atom. The van der Waals surface area contributed by atoms with Gasteiger partial charge in [-0.25, -0.2) is 26.3 Å². The summed E-state index contributed by atoms with van der Waals surface area (Å²) in [4.78, 5) is 24.1. The molecule has 0 aliphatic carbocycles. The molecule has 0 unspecified atom stereocenters. The highest BCUT2D eigenvalue weighted by Gasteiger charge is 2.15. The van der Waals surface area contributed by atoms with Crippen LogP contribution >= 0.6 is 0 Å². The third-order valence-corrected chi connectivity index (χ3v) is 6.98. The van der Waals surface area contributed by atoms with Gasteiger partial charge in [0.15, 0.2) is 0 Å². The number of rotatable bonds is 12. The molecule has 2 aromatic carbocycles. The van der Waals surface area contributed by atoms with E-state index in [2.05, 4.69) is 20.1 Å². The van der Waals surface area contributed by atoms with E-state index in [-0.39, 0.29) is 47.5 Å². The number of hydrogen-bond acceptors (Lipinski definition) is 8. The molecule has 0 heterocycles. The summed E-state index contributed by atoms with van der Waals surface area (Å²) >= 11 is 0. The van der Waals surface area contributed by atoms with Gasteiger partial charge >= 0.3 is 0 Å². The van der Waals surface area contributed by atoms with Crippen molar-refractivity contribution in [3.8, 4) is 0 Å². The maximum absolute atomic E-state index is 12.1. The number of nitrogens with one attached hydrogen (secondary N) is 4. The molecule has 0 spiro atoms. The topological polar surface area (TPSA) is 191 Å². The molecule has 33 heavy (non-hydrogen) atoms. The zero-order chi connectivity index (χ0) is 24.5. The Bertz CT molecular complexity index is 1070. The lowest BCUT2D eigenvalue weighted by Gasteiger charge is -2.09. The van der Waals surface area contributed by atoms with Crippen LogP contribution in [0, 0.1) is 0 Å². The molecule has 0 aliphatic heterocycles. The van der Waals surface area contributed by atoms with Crippen molar-refractivity contribution < 1.29 is 36.6 Å². The molecule has 0 atom stereocenters. The molecule has 0 bridgehead atoms. The van der Waals surface area contributed by atoms with Gasteiger partial charge in [0.2, 0.25) is 31.9 Å². The average molecular weight is 501 g/mol. The maximum Gasteiger partial charge on any atom is 0.240 e. The van der Waals surface area contributed by atoms with Crippen LogP contribution in [-0.2, 0) is 29.6 Å². The van der Waals surface area contributed by atoms with Crippen molar-refractivity contribution >= 4 is 43.2 Å². The Morgan fingerprint density at radius 3 is 1.27 bits per heavy atom. The fourth-order valence-electron chi connectivity index (χ4n) is 2.52. The summed E-state index contributed by atoms with van der Waals surface area (Å²) in [5.74, 6) is -1.29. The number of carbonyl (C=O) groups excluding carboxylic acids is 2. The molecule has 6 N–H and O–H groups in total. The molecular weight excluding hydrogens is 476 g/mol. The Hall–Kier alpha value is -2.88. The Labute approximate surface area is 191 Å². The quantitative estimate of drug-likeness (QED) is 0.204. The Kier molecular flexibility index (Phi) is 9.45. The third-order valence-electron chi connectivity index (χ3n) is 4.03. The van der Waals surface area contributed by atoms with Gasteiger partial charge in [-0.05, 0) is 48.5 Å². The van der Waals surface area contributed by atoms with Gasteiger partial charge in [0.1, 0.15) is 6.42 Å². The van der Waals surface area contributed by atoms with Crippen LogP contribution in [0.3, 0.4) is 0 Å². The van der Waals surface area contributed by atoms with Gasteiger partial charge in [-0.2, -0.15) is 0 Å². The van der Waals surface area contributed by atoms with Gasteiger partial charge in [-0.3, -0.25) is 9.59 Å². The summed E-state index contributed by atoms with van der Waals surface area (Å²) in [6.45, 7) is -0.953. The minimum Gasteiger partial charge on any atom is -0.395 e. The van der Waals surface area contributed by atoms with E-state index in [9.17, 15) is 26.4 Å². The molecule has 0 radical (unpaired) electrons. The van der Waals surface area contributed by atoms with Crippen molar-refractivity contribution in [2.45, 2.75) is 16.2 Å². The fraction of sp³-hybridized carbons (Fsp3) is 0.263. The molecule has 2 aromatic rings. The molecule has 0 aromatic heterocycles. The van der Waals surface area contributed by atoms with Crippen molar-refractivity contribution in [3.63, 3.8) is 0 Å². The first-order valence-electron chi connectivity index (χ1n) is 9.58. The number of carbonyl (C=O) groups is 2. The van der Waals surface area contributed by atoms with Crippen molar-refractivity contribution in [1.29, 1.82) is 0 Å². The molecule has 0 saturated heterocycles. The number of aliphatic hydroxyl groups excluding tert-OH is 2. The van der Waals surface area contributed by atoms with E-state index in [4.69, 9.17) is 10.2 Å². The second-order valence-electron chi connectivity index (χ2n) is 6.56. The van der Waals surface area contributed by atoms with Crippen LogP contribution in [0.1, 0.15) is 6.42 Å². The standard InChI is InChI=1S/C19H24N4O8S2/c24-11-9-20-32(28,29)16-5-1-14(2-6-16)22-18(26)13-19(27)23-15-3-7-17(8-4-15)33(30,31)21-10-12-25/h1-8,20-21,24-25H,9-13H2,(H,22,26)(H,23,27). The van der Waals surface area contributed by atoms with Gasteiger partial charge in [0, 0.05) is 24.5 Å². The summed E-state index contributed by atoms with van der Waals surface area (Å²) in [5.41, 5.74) is 0.553. The van der Waals surface area contributed by atoms with Crippen LogP contribution < -0.4 is 20.1 Å². The lowest BCUT2D eigenvalue weighted by Crippen LogP contribution is -2.26. The van der Waals surface area contributed by atoms with E-state index < -0.39 is 38.3 Å². The van der Waals surface area contributed by atoms with E-state index in [1.807, 2.05) is 0 Å². The first kappa shape index (κ1) is 26.4. The Morgan fingerprint density at radius 1 is 0.636 bits per heavy atom. The summed E-state index contributed by atoms with van der Waals surface area (Å²) in [6, 6.07) is 10.5. The van der Waals surface area contributed by atoms with Crippen LogP contribution in [0.15, 0.2) is 58.3 Å². The number of benzene rings is 2. The van der Waals surface area contributed by atoms with Crippen LogP contribution in [0.2, 0.25) is 0 Å². The Balaban J connectivity index is 1.90. The maximum atomic E-state index is 12.1. The first-order chi connectivity index (χ1) is 15.6. The number of amides is 2. The second kappa shape index (κ2) is 11.8. The first-order valence-corrected chi connectivity index (χ1v) is 12.5.